The second kappa shape index (κ2) is 11.0. The number of hydrogen-bond acceptors (Lipinski definition) is 5. The quantitative estimate of drug-likeness (QED) is 0.281. The molecule has 2 rings (SSSR count). The van der Waals surface area contributed by atoms with E-state index in [4.69, 9.17) is 14.2 Å². The molecule has 0 radical (unpaired) electrons. The van der Waals surface area contributed by atoms with E-state index in [0.717, 1.165) is 0 Å². The fourth-order valence-electron chi connectivity index (χ4n) is 2.61. The van der Waals surface area contributed by atoms with Crippen LogP contribution < -0.4 is 25.9 Å². The minimum atomic E-state index is -1.18. The van der Waals surface area contributed by atoms with Gasteiger partial charge in [-0.05, 0) is 0 Å². The molecule has 1 unspecified atom stereocenters. The Morgan fingerprint density at radius 1 is 1.00 bits per heavy atom. The summed E-state index contributed by atoms with van der Waals surface area (Å²) in [5, 5.41) is 9.70. The third-order valence-electron chi connectivity index (χ3n) is 4.42. The summed E-state index contributed by atoms with van der Waals surface area (Å²) in [6.45, 7) is 13.2. The van der Waals surface area contributed by atoms with Crippen LogP contribution in [0.2, 0.25) is 0 Å². The van der Waals surface area contributed by atoms with Gasteiger partial charge in [0, 0.05) is 0 Å². The van der Waals surface area contributed by atoms with Crippen LogP contribution in [0.5, 0.6) is 5.75 Å². The third kappa shape index (κ3) is 8.18. The fraction of sp³-hybridized carbons (Fsp3) is 0.400. The van der Waals surface area contributed by atoms with E-state index in [1.165, 1.54) is 19.0 Å². The Bertz CT molecular complexity index is 851. The number of benzene rings is 2. The molecule has 31 heavy (non-hydrogen) atoms. The van der Waals surface area contributed by atoms with Crippen LogP contribution in [0.15, 0.2) is 61.4 Å². The van der Waals surface area contributed by atoms with Crippen molar-refractivity contribution in [1.29, 1.82) is 0 Å². The van der Waals surface area contributed by atoms with E-state index in [-0.39, 0.29) is 39.8 Å². The van der Waals surface area contributed by atoms with Gasteiger partial charge in [-0.25, -0.2) is 0 Å². The Balaban J connectivity index is 1.92. The monoisotopic (exact) mass is 539 g/mol. The van der Waals surface area contributed by atoms with Crippen molar-refractivity contribution in [2.75, 3.05) is 13.2 Å². The van der Waals surface area contributed by atoms with Gasteiger partial charge in [0.25, 0.3) is 0 Å². The Morgan fingerprint density at radius 2 is 1.55 bits per heavy atom. The molecule has 1 N–H and O–H groups in total. The molecule has 0 aliphatic rings. The Morgan fingerprint density at radius 3 is 2.06 bits per heavy atom. The third-order valence-corrected chi connectivity index (χ3v) is 7.10. The molecule has 170 valence electrons. The molecule has 0 fully saturated rings. The van der Waals surface area contributed by atoms with Crippen molar-refractivity contribution in [3.63, 3.8) is 0 Å². The maximum absolute atomic E-state index is 12.3. The van der Waals surface area contributed by atoms with E-state index >= 15 is 0 Å². The number of rotatable bonds is 10. The van der Waals surface area contributed by atoms with Gasteiger partial charge in [0.05, 0.1) is 6.26 Å². The number of aliphatic hydroxyl groups is 1. The van der Waals surface area contributed by atoms with Crippen molar-refractivity contribution in [2.45, 2.75) is 51.7 Å². The van der Waals surface area contributed by atoms with E-state index in [1.54, 1.807) is 13.8 Å². The molecule has 0 heterocycles. The average molecular weight is 539 g/mol. The summed E-state index contributed by atoms with van der Waals surface area (Å²) in [6, 6.07) is 16.7. The standard InChI is InChI=1S/C25H32IO5/c1-7-29-16-21(27)17-30-23(28)25(5,6)31-22-14-12-20(13-15-22)26-19-10-8-18(9-11-19)24(2,3)4/h7-15,21,27H,1,16-17H2,2-6H3/q-1. The van der Waals surface area contributed by atoms with Gasteiger partial charge < -0.3 is 0 Å². The number of aliphatic hydroxyl groups excluding tert-OH is 1. The Hall–Kier alpha value is -2.06. The Kier molecular flexibility index (Phi) is 8.94. The van der Waals surface area contributed by atoms with Crippen LogP contribution in [0.1, 0.15) is 40.2 Å². The minimum absolute atomic E-state index is 0.0154. The fourth-order valence-corrected chi connectivity index (χ4v) is 4.77. The van der Waals surface area contributed by atoms with E-state index in [1.807, 2.05) is 24.3 Å². The first-order valence-corrected chi connectivity index (χ1v) is 12.3. The van der Waals surface area contributed by atoms with Gasteiger partial charge in [-0.15, -0.1) is 0 Å². The van der Waals surface area contributed by atoms with Gasteiger partial charge in [0.15, 0.2) is 0 Å². The van der Waals surface area contributed by atoms with Crippen LogP contribution in [0, 0.1) is 7.14 Å². The SMILES string of the molecule is C=COCC(O)COC(=O)C(C)(C)Oc1ccc([I-]c2ccc(C(C)(C)C)cc2)cc1. The molecule has 0 aliphatic carbocycles. The first-order chi connectivity index (χ1) is 14.5. The van der Waals surface area contributed by atoms with Crippen molar-refractivity contribution in [3.05, 3.63) is 74.1 Å². The molecule has 6 heteroatoms. The molecule has 0 aromatic heterocycles. The summed E-state index contributed by atoms with van der Waals surface area (Å²) in [7, 11) is 0. The molecule has 5 nitrogen and oxygen atoms in total. The van der Waals surface area contributed by atoms with E-state index < -0.39 is 17.7 Å². The summed E-state index contributed by atoms with van der Waals surface area (Å²) in [5.74, 6) is 0.0360. The van der Waals surface area contributed by atoms with Crippen molar-refractivity contribution >= 4 is 5.97 Å². The van der Waals surface area contributed by atoms with Crippen LogP contribution in [0.4, 0.5) is 0 Å². The molecular formula is C25H32IO5-. The summed E-state index contributed by atoms with van der Waals surface area (Å²) in [6.07, 6.45) is 0.309. The van der Waals surface area contributed by atoms with E-state index in [0.29, 0.717) is 5.75 Å². The first-order valence-electron chi connectivity index (χ1n) is 10.1. The zero-order valence-electron chi connectivity index (χ0n) is 18.9. The van der Waals surface area contributed by atoms with Crippen molar-refractivity contribution in [3.8, 4) is 5.75 Å². The average Bonchev–Trinajstić information content (AvgIpc) is 2.71. The van der Waals surface area contributed by atoms with Crippen LogP contribution in [0.3, 0.4) is 0 Å². The number of esters is 1. The predicted molar refractivity (Wildman–Crippen MR) is 117 cm³/mol. The van der Waals surface area contributed by atoms with Crippen LogP contribution in [-0.2, 0) is 19.7 Å². The van der Waals surface area contributed by atoms with Gasteiger partial charge in [-0.2, -0.15) is 0 Å². The van der Waals surface area contributed by atoms with Crippen LogP contribution in [-0.4, -0.2) is 36.0 Å². The van der Waals surface area contributed by atoms with E-state index in [9.17, 15) is 9.90 Å². The normalized spacial score (nSPS) is 12.8. The number of hydrogen-bond donors (Lipinski definition) is 1. The molecule has 0 aliphatic heterocycles. The molecule has 0 saturated heterocycles. The molecule has 0 bridgehead atoms. The molecule has 0 saturated carbocycles. The molecule has 2 aromatic carbocycles. The van der Waals surface area contributed by atoms with Gasteiger partial charge in [-0.3, -0.25) is 0 Å². The molecule has 0 spiro atoms. The Labute approximate surface area is 195 Å². The zero-order chi connectivity index (χ0) is 23.1. The summed E-state index contributed by atoms with van der Waals surface area (Å²) in [4.78, 5) is 12.3. The van der Waals surface area contributed by atoms with Crippen LogP contribution in [0.25, 0.3) is 0 Å². The van der Waals surface area contributed by atoms with Crippen molar-refractivity contribution < 1.29 is 45.3 Å². The van der Waals surface area contributed by atoms with Crippen molar-refractivity contribution in [2.24, 2.45) is 0 Å². The molecule has 1 atom stereocenters. The van der Waals surface area contributed by atoms with Gasteiger partial charge in [0.1, 0.15) is 0 Å². The summed E-state index contributed by atoms with van der Waals surface area (Å²) >= 11 is -0.293. The maximum atomic E-state index is 12.3. The topological polar surface area (TPSA) is 65.0 Å². The van der Waals surface area contributed by atoms with Gasteiger partial charge in [-0.1, -0.05) is 6.58 Å². The molecule has 0 amide bonds. The van der Waals surface area contributed by atoms with Gasteiger partial charge >= 0.3 is 183 Å². The van der Waals surface area contributed by atoms with Gasteiger partial charge in [0.2, 0.25) is 0 Å². The summed E-state index contributed by atoms with van der Waals surface area (Å²) in [5.41, 5.74) is 0.304. The predicted octanol–water partition coefficient (Wildman–Crippen LogP) is 1.33. The van der Waals surface area contributed by atoms with E-state index in [2.05, 4.69) is 51.6 Å². The summed E-state index contributed by atoms with van der Waals surface area (Å²) < 4.78 is 18.5. The number of carbonyl (C=O) groups excluding carboxylic acids is 1. The van der Waals surface area contributed by atoms with Crippen LogP contribution >= 0.6 is 0 Å². The second-order valence-corrected chi connectivity index (χ2v) is 11.7. The molecular weight excluding hydrogens is 507 g/mol. The van der Waals surface area contributed by atoms with Crippen molar-refractivity contribution in [1.82, 2.24) is 0 Å². The second-order valence-electron chi connectivity index (χ2n) is 8.67. The zero-order valence-corrected chi connectivity index (χ0v) is 21.0. The number of ether oxygens (including phenoxy) is 3. The number of carbonyl (C=O) groups is 1. The first kappa shape index (κ1) is 25.2. The number of halogens is 1. The molecule has 2 aromatic rings.